The Morgan fingerprint density at radius 1 is 0.905 bits per heavy atom. The summed E-state index contributed by atoms with van der Waals surface area (Å²) in [5, 5.41) is 0. The molecule has 116 valence electrons. The molecule has 4 heteroatoms. The molecule has 0 aliphatic heterocycles. The predicted octanol–water partition coefficient (Wildman–Crippen LogP) is 4.18. The summed E-state index contributed by atoms with van der Waals surface area (Å²) in [6.07, 6.45) is 0. The quantitative estimate of drug-likeness (QED) is 0.500. The number of imidazole rings is 1. The fourth-order valence-electron chi connectivity index (χ4n) is 2.29. The molecule has 0 N–H and O–H groups in total. The van der Waals surface area contributed by atoms with Crippen LogP contribution in [0.25, 0.3) is 11.4 Å². The molecule has 1 aromatic heterocycles. The maximum absolute atomic E-state index is 4.68. The van der Waals surface area contributed by atoms with Crippen LogP contribution in [0.2, 0.25) is 0 Å². The van der Waals surface area contributed by atoms with E-state index in [4.69, 9.17) is 0 Å². The molecule has 0 amide bonds. The standard InChI is InChI=1S/C16H21N2.CH3.Ir.Y/c1-9-8-15(12(4)11(3)10(9)2)16-17-13(5)14(6)18(16)7;;;/h1-7H3;1H3;;/q2*-1;;. The summed E-state index contributed by atoms with van der Waals surface area (Å²) in [7, 11) is 2.07. The van der Waals surface area contributed by atoms with Crippen LogP contribution >= 0.6 is 0 Å². The van der Waals surface area contributed by atoms with Gasteiger partial charge in [0, 0.05) is 71.3 Å². The van der Waals surface area contributed by atoms with Gasteiger partial charge in [0.1, 0.15) is 0 Å². The van der Waals surface area contributed by atoms with E-state index in [2.05, 4.69) is 64.2 Å². The van der Waals surface area contributed by atoms with Crippen LogP contribution in [-0.4, -0.2) is 9.55 Å². The van der Waals surface area contributed by atoms with E-state index in [1.54, 1.807) is 0 Å². The number of nitrogens with zero attached hydrogens (tertiary/aromatic N) is 2. The van der Waals surface area contributed by atoms with Crippen molar-refractivity contribution in [1.29, 1.82) is 0 Å². The van der Waals surface area contributed by atoms with E-state index in [1.807, 2.05) is 0 Å². The van der Waals surface area contributed by atoms with E-state index in [1.165, 1.54) is 27.9 Å². The summed E-state index contributed by atoms with van der Waals surface area (Å²) in [4.78, 5) is 4.68. The van der Waals surface area contributed by atoms with Crippen molar-refractivity contribution >= 4 is 0 Å². The van der Waals surface area contributed by atoms with Gasteiger partial charge in [0.25, 0.3) is 0 Å². The third-order valence-corrected chi connectivity index (χ3v) is 4.22. The summed E-state index contributed by atoms with van der Waals surface area (Å²) in [6.45, 7) is 12.8. The number of aryl methyl sites for hydroxylation is 2. The van der Waals surface area contributed by atoms with Crippen molar-refractivity contribution in [3.05, 3.63) is 47.1 Å². The Morgan fingerprint density at radius 2 is 1.43 bits per heavy atom. The van der Waals surface area contributed by atoms with Crippen LogP contribution in [0, 0.1) is 55.0 Å². The zero-order valence-electron chi connectivity index (χ0n) is 14.3. The molecule has 0 atom stereocenters. The van der Waals surface area contributed by atoms with E-state index >= 15 is 0 Å². The first-order valence-electron chi connectivity index (χ1n) is 6.34. The fourth-order valence-corrected chi connectivity index (χ4v) is 2.29. The predicted molar refractivity (Wildman–Crippen MR) is 82.3 cm³/mol. The van der Waals surface area contributed by atoms with E-state index < -0.39 is 0 Å². The third kappa shape index (κ3) is 4.13. The second-order valence-corrected chi connectivity index (χ2v) is 5.17. The maximum atomic E-state index is 4.68. The molecule has 0 unspecified atom stereocenters. The van der Waals surface area contributed by atoms with Gasteiger partial charge in [-0.25, -0.2) is 0 Å². The van der Waals surface area contributed by atoms with Crippen LogP contribution in [0.5, 0.6) is 0 Å². The monoisotopic (exact) mass is 538 g/mol. The van der Waals surface area contributed by atoms with Crippen molar-refractivity contribution in [1.82, 2.24) is 9.55 Å². The Balaban J connectivity index is 0. The van der Waals surface area contributed by atoms with Gasteiger partial charge in [-0.15, -0.1) is 33.9 Å². The van der Waals surface area contributed by atoms with Crippen molar-refractivity contribution in [3.63, 3.8) is 0 Å². The Morgan fingerprint density at radius 3 is 1.86 bits per heavy atom. The van der Waals surface area contributed by atoms with Gasteiger partial charge in [-0.2, -0.15) is 0 Å². The number of hydrogen-bond donors (Lipinski definition) is 0. The van der Waals surface area contributed by atoms with Crippen molar-refractivity contribution < 1.29 is 52.8 Å². The Kier molecular flexibility index (Phi) is 9.74. The first-order chi connectivity index (χ1) is 8.34. The molecule has 0 aliphatic rings. The van der Waals surface area contributed by atoms with E-state index in [-0.39, 0.29) is 60.2 Å². The Hall–Kier alpha value is 0.183. The van der Waals surface area contributed by atoms with Crippen LogP contribution in [0.4, 0.5) is 0 Å². The maximum Gasteiger partial charge on any atom is 0.0564 e. The normalized spacial score (nSPS) is 9.48. The van der Waals surface area contributed by atoms with Crippen LogP contribution in [0.15, 0.2) is 0 Å². The average Bonchev–Trinajstić information content (AvgIpc) is 2.59. The van der Waals surface area contributed by atoms with Gasteiger partial charge >= 0.3 is 0 Å². The largest absolute Gasteiger partial charge is 0.371 e. The minimum absolute atomic E-state index is 0. The molecule has 2 rings (SSSR count). The molecule has 2 radical (unpaired) electrons. The molecule has 0 aliphatic carbocycles. The summed E-state index contributed by atoms with van der Waals surface area (Å²) < 4.78 is 2.16. The van der Waals surface area contributed by atoms with Gasteiger partial charge in [-0.3, -0.25) is 4.98 Å². The van der Waals surface area contributed by atoms with Crippen molar-refractivity contribution in [2.24, 2.45) is 7.05 Å². The van der Waals surface area contributed by atoms with Crippen LogP contribution < -0.4 is 0 Å². The summed E-state index contributed by atoms with van der Waals surface area (Å²) >= 11 is 0. The van der Waals surface area contributed by atoms with Crippen molar-refractivity contribution in [2.45, 2.75) is 41.5 Å². The zero-order valence-corrected chi connectivity index (χ0v) is 19.5. The third-order valence-electron chi connectivity index (χ3n) is 4.22. The van der Waals surface area contributed by atoms with Gasteiger partial charge in [0.2, 0.25) is 0 Å². The van der Waals surface area contributed by atoms with Gasteiger partial charge in [0.15, 0.2) is 0 Å². The molecule has 2 nitrogen and oxygen atoms in total. The minimum Gasteiger partial charge on any atom is -0.371 e. The zero-order chi connectivity index (χ0) is 13.6. The minimum atomic E-state index is 0. The molecule has 0 saturated heterocycles. The van der Waals surface area contributed by atoms with E-state index in [9.17, 15) is 0 Å². The molecular formula is C17H24IrN2Y-2. The molecule has 0 bridgehead atoms. The molecule has 1 heterocycles. The van der Waals surface area contributed by atoms with Crippen LogP contribution in [0.3, 0.4) is 0 Å². The fraction of sp³-hybridized carbons (Fsp3) is 0.412. The SMILES string of the molecule is Cc1[c-]c(-c2nc(C)c(C)n2C)c(C)c(C)c1C.[CH3-].[Ir].[Y]. The average molecular weight is 538 g/mol. The first-order valence-corrected chi connectivity index (χ1v) is 6.34. The topological polar surface area (TPSA) is 17.8 Å². The van der Waals surface area contributed by atoms with E-state index in [0.29, 0.717) is 0 Å². The second kappa shape index (κ2) is 8.72. The number of rotatable bonds is 1. The van der Waals surface area contributed by atoms with Crippen molar-refractivity contribution in [2.75, 3.05) is 0 Å². The summed E-state index contributed by atoms with van der Waals surface area (Å²) in [6, 6.07) is 3.50. The number of hydrogen-bond acceptors (Lipinski definition) is 1. The molecule has 2 aromatic rings. The Labute approximate surface area is 168 Å². The van der Waals surface area contributed by atoms with Gasteiger partial charge < -0.3 is 12.0 Å². The molecule has 0 saturated carbocycles. The molecule has 21 heavy (non-hydrogen) atoms. The molecule has 0 fully saturated rings. The molecule has 1 aromatic carbocycles. The smallest absolute Gasteiger partial charge is 0.0564 e. The van der Waals surface area contributed by atoms with Gasteiger partial charge in [-0.1, -0.05) is 27.7 Å². The molecular weight excluding hydrogens is 513 g/mol. The molecule has 0 spiro atoms. The van der Waals surface area contributed by atoms with Crippen LogP contribution in [0.1, 0.15) is 33.6 Å². The number of aromatic nitrogens is 2. The van der Waals surface area contributed by atoms with E-state index in [0.717, 1.165) is 17.1 Å². The van der Waals surface area contributed by atoms with Crippen molar-refractivity contribution in [3.8, 4) is 11.4 Å². The summed E-state index contributed by atoms with van der Waals surface area (Å²) in [5.74, 6) is 1.02. The first kappa shape index (κ1) is 23.4. The Bertz CT molecular complexity index is 630. The number of benzene rings is 1. The van der Waals surface area contributed by atoms with Gasteiger partial charge in [0.05, 0.1) is 5.82 Å². The second-order valence-electron chi connectivity index (χ2n) is 5.17. The van der Waals surface area contributed by atoms with Gasteiger partial charge in [-0.05, 0) is 13.8 Å². The van der Waals surface area contributed by atoms with Crippen LogP contribution in [-0.2, 0) is 59.9 Å². The summed E-state index contributed by atoms with van der Waals surface area (Å²) in [5.41, 5.74) is 8.62.